The smallest absolute Gasteiger partial charge is 0.171 e. The molecule has 0 radical (unpaired) electrons. The third-order valence-electron chi connectivity index (χ3n) is 5.07. The second kappa shape index (κ2) is 8.44. The van der Waals surface area contributed by atoms with Gasteiger partial charge >= 0.3 is 0 Å². The Hall–Kier alpha value is -3.55. The van der Waals surface area contributed by atoms with E-state index in [0.29, 0.717) is 0 Å². The maximum atomic E-state index is 9.05. The molecule has 0 saturated heterocycles. The lowest BCUT2D eigenvalue weighted by Crippen LogP contribution is -2.01. The van der Waals surface area contributed by atoms with E-state index in [1.54, 1.807) is 17.0 Å². The number of fused-ring (bicyclic) bond motifs is 1. The van der Waals surface area contributed by atoms with Gasteiger partial charge in [-0.05, 0) is 52.5 Å². The summed E-state index contributed by atoms with van der Waals surface area (Å²) in [6.45, 7) is 2.12. The first-order valence-electron chi connectivity index (χ1n) is 9.73. The molecule has 4 rings (SSSR count). The predicted molar refractivity (Wildman–Crippen MR) is 117 cm³/mol. The van der Waals surface area contributed by atoms with Crippen molar-refractivity contribution in [1.29, 1.82) is 0 Å². The lowest BCUT2D eigenvalue weighted by Gasteiger charge is -2.16. The van der Waals surface area contributed by atoms with Gasteiger partial charge in [0.15, 0.2) is 6.29 Å². The summed E-state index contributed by atoms with van der Waals surface area (Å²) in [5.41, 5.74) is 7.21. The summed E-state index contributed by atoms with van der Waals surface area (Å²) < 4.78 is 1.79. The molecule has 0 aliphatic carbocycles. The van der Waals surface area contributed by atoms with Crippen molar-refractivity contribution in [2.75, 3.05) is 0 Å². The molecule has 0 bridgehead atoms. The van der Waals surface area contributed by atoms with Gasteiger partial charge in [0.2, 0.25) is 0 Å². The van der Waals surface area contributed by atoms with E-state index in [4.69, 9.17) is 10.2 Å². The van der Waals surface area contributed by atoms with Crippen molar-refractivity contribution in [3.8, 4) is 0 Å². The van der Waals surface area contributed by atoms with Crippen LogP contribution in [0.5, 0.6) is 0 Å². The summed E-state index contributed by atoms with van der Waals surface area (Å²) in [7, 11) is 1.89. The maximum Gasteiger partial charge on any atom is 0.171 e. The molecule has 7 nitrogen and oxygen atoms in total. The molecule has 2 heterocycles. The Kier molecular flexibility index (Phi) is 5.56. The molecule has 0 atom stereocenters. The Bertz CT molecular complexity index is 1220. The average molecular weight is 401 g/mol. The highest BCUT2D eigenvalue weighted by Gasteiger charge is 2.16. The maximum absolute atomic E-state index is 9.05. The van der Waals surface area contributed by atoms with Crippen molar-refractivity contribution < 1.29 is 10.2 Å². The van der Waals surface area contributed by atoms with Gasteiger partial charge in [0, 0.05) is 12.4 Å². The van der Waals surface area contributed by atoms with Crippen molar-refractivity contribution in [2.45, 2.75) is 19.6 Å². The van der Waals surface area contributed by atoms with Gasteiger partial charge in [-0.3, -0.25) is 5.10 Å². The summed E-state index contributed by atoms with van der Waals surface area (Å²) in [4.78, 5) is 0. The van der Waals surface area contributed by atoms with Gasteiger partial charge in [0.25, 0.3) is 0 Å². The Labute approximate surface area is 174 Å². The number of aromatic nitrogens is 5. The van der Waals surface area contributed by atoms with E-state index in [9.17, 15) is 0 Å². The fourth-order valence-electron chi connectivity index (χ4n) is 3.62. The number of hydrogen-bond donors (Lipinski definition) is 3. The van der Waals surface area contributed by atoms with E-state index in [0.717, 1.165) is 50.9 Å². The quantitative estimate of drug-likeness (QED) is 0.430. The van der Waals surface area contributed by atoms with Crippen LogP contribution in [0.25, 0.3) is 28.1 Å². The van der Waals surface area contributed by atoms with E-state index in [1.807, 2.05) is 43.6 Å². The number of aliphatic hydroxyl groups excluding tert-OH is 1. The summed E-state index contributed by atoms with van der Waals surface area (Å²) in [6, 6.07) is 14.2. The zero-order valence-electron chi connectivity index (χ0n) is 16.8. The summed E-state index contributed by atoms with van der Waals surface area (Å²) >= 11 is 0. The van der Waals surface area contributed by atoms with Crippen LogP contribution in [-0.2, 0) is 7.05 Å². The molecule has 2 aromatic carbocycles. The Morgan fingerprint density at radius 3 is 2.53 bits per heavy atom. The molecule has 0 aliphatic rings. The second-order valence-corrected chi connectivity index (χ2v) is 7.02. The highest BCUT2D eigenvalue weighted by Crippen LogP contribution is 2.35. The Balaban J connectivity index is 1.89. The molecular weight excluding hydrogens is 378 g/mol. The Morgan fingerprint density at radius 1 is 1.10 bits per heavy atom. The number of rotatable bonds is 6. The van der Waals surface area contributed by atoms with Crippen LogP contribution >= 0.6 is 0 Å². The van der Waals surface area contributed by atoms with Crippen LogP contribution in [0.15, 0.2) is 60.9 Å². The van der Waals surface area contributed by atoms with Crippen molar-refractivity contribution >= 4 is 28.1 Å². The van der Waals surface area contributed by atoms with Crippen LogP contribution in [0.1, 0.15) is 35.7 Å². The molecule has 0 spiro atoms. The molecule has 0 unspecified atom stereocenters. The molecule has 7 heteroatoms. The van der Waals surface area contributed by atoms with Gasteiger partial charge in [0.1, 0.15) is 0 Å². The molecule has 0 fully saturated rings. The van der Waals surface area contributed by atoms with Gasteiger partial charge in [-0.2, -0.15) is 5.10 Å². The third kappa shape index (κ3) is 3.94. The minimum Gasteiger partial charge on any atom is -0.365 e. The highest BCUT2D eigenvalue weighted by atomic mass is 16.5. The minimum absolute atomic E-state index is 0.804. The molecule has 3 N–H and O–H groups in total. The first-order chi connectivity index (χ1) is 14.6. The lowest BCUT2D eigenvalue weighted by atomic mass is 9.89. The number of benzene rings is 2. The number of aromatic amines is 1. The van der Waals surface area contributed by atoms with Crippen LogP contribution in [0.2, 0.25) is 0 Å². The van der Waals surface area contributed by atoms with Crippen LogP contribution in [-0.4, -0.2) is 41.7 Å². The van der Waals surface area contributed by atoms with Gasteiger partial charge in [0.05, 0.1) is 23.6 Å². The van der Waals surface area contributed by atoms with Crippen molar-refractivity contribution in [1.82, 2.24) is 25.2 Å². The van der Waals surface area contributed by atoms with Crippen LogP contribution < -0.4 is 0 Å². The topological polar surface area (TPSA) is 99.8 Å². The van der Waals surface area contributed by atoms with Gasteiger partial charge in [-0.15, -0.1) is 5.10 Å². The predicted octanol–water partition coefficient (Wildman–Crippen LogP) is 3.38. The highest BCUT2D eigenvalue weighted by molar-refractivity contribution is 5.99. The van der Waals surface area contributed by atoms with E-state index >= 15 is 0 Å². The molecule has 0 saturated carbocycles. The van der Waals surface area contributed by atoms with Gasteiger partial charge in [-0.1, -0.05) is 48.5 Å². The first kappa shape index (κ1) is 19.8. The molecule has 30 heavy (non-hydrogen) atoms. The van der Waals surface area contributed by atoms with Crippen LogP contribution in [0.3, 0.4) is 0 Å². The second-order valence-electron chi connectivity index (χ2n) is 7.02. The van der Waals surface area contributed by atoms with Crippen LogP contribution in [0.4, 0.5) is 0 Å². The normalized spacial score (nSPS) is 12.8. The number of hydrogen-bond acceptors (Lipinski definition) is 5. The molecule has 152 valence electrons. The van der Waals surface area contributed by atoms with Crippen LogP contribution in [0, 0.1) is 0 Å². The van der Waals surface area contributed by atoms with Crippen molar-refractivity contribution in [2.24, 2.45) is 7.05 Å². The third-order valence-corrected chi connectivity index (χ3v) is 5.07. The zero-order valence-corrected chi connectivity index (χ0v) is 16.8. The molecule has 0 amide bonds. The summed E-state index contributed by atoms with van der Waals surface area (Å²) in [5, 5.41) is 34.5. The molecular formula is C23H23N5O2. The Morgan fingerprint density at radius 2 is 1.87 bits per heavy atom. The van der Waals surface area contributed by atoms with E-state index in [1.165, 1.54) is 6.08 Å². The summed E-state index contributed by atoms with van der Waals surface area (Å²) in [6.07, 6.45) is 5.96. The molecule has 4 aromatic rings. The number of allylic oxidation sites excluding steroid dienone is 1. The van der Waals surface area contributed by atoms with Crippen molar-refractivity contribution in [3.63, 3.8) is 0 Å². The number of aryl methyl sites for hydroxylation is 1. The zero-order chi connectivity index (χ0) is 21.1. The van der Waals surface area contributed by atoms with Gasteiger partial charge in [-0.25, -0.2) is 4.68 Å². The number of aliphatic hydroxyl groups is 2. The lowest BCUT2D eigenvalue weighted by molar-refractivity contribution is 0.00303. The average Bonchev–Trinajstić information content (AvgIpc) is 3.39. The van der Waals surface area contributed by atoms with E-state index in [2.05, 4.69) is 39.6 Å². The molecule has 0 aliphatic heterocycles. The van der Waals surface area contributed by atoms with E-state index < -0.39 is 6.29 Å². The minimum atomic E-state index is -1.47. The largest absolute Gasteiger partial charge is 0.365 e. The fourth-order valence-corrected chi connectivity index (χ4v) is 3.62. The fraction of sp³-hybridized carbons (Fsp3) is 0.174. The number of nitrogens with one attached hydrogen (secondary N) is 1. The SMILES string of the molecule is CC/C(=C(/c1ccc(/C=C/C(O)O)cc1)c1ccc2[nH]ncc2c1)c1cnnn1C. The molecule has 2 aromatic heterocycles. The standard InChI is InChI=1S/C23H23N5O2/c1-3-19(21-14-25-27-28(21)2)23(17-9-10-20-18(12-17)13-24-26-20)16-7-4-15(5-8-16)6-11-22(29)30/h4-14,22,29-30H,3H2,1-2H3,(H,24,26)/b11-6+,23-19+. The first-order valence-corrected chi connectivity index (χ1v) is 9.73. The monoisotopic (exact) mass is 401 g/mol. The van der Waals surface area contributed by atoms with E-state index in [-0.39, 0.29) is 0 Å². The summed E-state index contributed by atoms with van der Waals surface area (Å²) in [5.74, 6) is 0. The number of nitrogens with zero attached hydrogens (tertiary/aromatic N) is 4. The number of H-pyrrole nitrogens is 1. The van der Waals surface area contributed by atoms with Crippen molar-refractivity contribution in [3.05, 3.63) is 83.3 Å². The van der Waals surface area contributed by atoms with Gasteiger partial charge < -0.3 is 10.2 Å².